The molecule has 0 aromatic heterocycles. The van der Waals surface area contributed by atoms with Gasteiger partial charge in [0.25, 0.3) is 0 Å². The van der Waals surface area contributed by atoms with Crippen LogP contribution in [0.2, 0.25) is 0 Å². The van der Waals surface area contributed by atoms with E-state index >= 15 is 0 Å². The van der Waals surface area contributed by atoms with Gasteiger partial charge in [-0.2, -0.15) is 0 Å². The maximum atomic E-state index is 9.14. The summed E-state index contributed by atoms with van der Waals surface area (Å²) in [7, 11) is 0. The maximum Gasteiger partial charge on any atom is 0.0681 e. The number of nitrogens with one attached hydrogen (secondary N) is 1. The smallest absolute Gasteiger partial charge is 0.0681 e. The van der Waals surface area contributed by atoms with Gasteiger partial charge in [-0.3, -0.25) is 0 Å². The molecule has 0 saturated carbocycles. The Balaban J connectivity index is 1.87. The van der Waals surface area contributed by atoms with Crippen molar-refractivity contribution < 1.29 is 9.84 Å². The Labute approximate surface area is 116 Å². The third-order valence-corrected chi connectivity index (χ3v) is 4.11. The first-order chi connectivity index (χ1) is 9.15. The molecular formula is C16H25NO2. The van der Waals surface area contributed by atoms with Crippen molar-refractivity contribution in [2.75, 3.05) is 6.61 Å². The molecule has 1 aromatic carbocycles. The fourth-order valence-electron chi connectivity index (χ4n) is 2.65. The Bertz CT molecular complexity index is 407. The number of rotatable bonds is 5. The number of aliphatic hydroxyl groups is 1. The number of aliphatic hydroxyl groups excluding tert-OH is 1. The van der Waals surface area contributed by atoms with Crippen molar-refractivity contribution in [2.45, 2.75) is 57.9 Å². The average Bonchev–Trinajstić information content (AvgIpc) is 2.45. The number of hydrogen-bond acceptors (Lipinski definition) is 3. The van der Waals surface area contributed by atoms with Crippen LogP contribution >= 0.6 is 0 Å². The van der Waals surface area contributed by atoms with Crippen molar-refractivity contribution in [2.24, 2.45) is 0 Å². The standard InChI is InChI=1S/C16H25NO2/c1-3-16(2)10-15(7-8-19-16)17-11-13-5-4-6-14(9-13)12-18/h4-6,9,15,17-18H,3,7-8,10-12H2,1-2H3. The molecule has 0 bridgehead atoms. The molecule has 0 spiro atoms. The largest absolute Gasteiger partial charge is 0.392 e. The maximum absolute atomic E-state index is 9.14. The Hall–Kier alpha value is -0.900. The van der Waals surface area contributed by atoms with E-state index in [9.17, 15) is 0 Å². The van der Waals surface area contributed by atoms with Crippen molar-refractivity contribution in [3.8, 4) is 0 Å². The second-order valence-electron chi connectivity index (χ2n) is 5.70. The lowest BCUT2D eigenvalue weighted by Crippen LogP contribution is -2.44. The first-order valence-electron chi connectivity index (χ1n) is 7.21. The predicted octanol–water partition coefficient (Wildman–Crippen LogP) is 2.62. The summed E-state index contributed by atoms with van der Waals surface area (Å²) in [6, 6.07) is 8.64. The molecule has 1 fully saturated rings. The van der Waals surface area contributed by atoms with Crippen LogP contribution in [0.1, 0.15) is 44.2 Å². The molecular weight excluding hydrogens is 238 g/mol. The zero-order valence-electron chi connectivity index (χ0n) is 12.0. The normalized spacial score (nSPS) is 27.4. The van der Waals surface area contributed by atoms with Gasteiger partial charge in [0.05, 0.1) is 12.2 Å². The lowest BCUT2D eigenvalue weighted by molar-refractivity contribution is -0.0781. The molecule has 106 valence electrons. The summed E-state index contributed by atoms with van der Waals surface area (Å²) in [6.07, 6.45) is 3.21. The quantitative estimate of drug-likeness (QED) is 0.858. The summed E-state index contributed by atoms with van der Waals surface area (Å²) in [6.45, 7) is 6.20. The van der Waals surface area contributed by atoms with Crippen molar-refractivity contribution in [1.29, 1.82) is 0 Å². The molecule has 2 N–H and O–H groups in total. The Morgan fingerprint density at radius 3 is 2.95 bits per heavy atom. The molecule has 1 aliphatic heterocycles. The van der Waals surface area contributed by atoms with Gasteiger partial charge in [0, 0.05) is 19.2 Å². The molecule has 1 aliphatic rings. The lowest BCUT2D eigenvalue weighted by Gasteiger charge is -2.38. The highest BCUT2D eigenvalue weighted by atomic mass is 16.5. The zero-order valence-corrected chi connectivity index (χ0v) is 12.0. The van der Waals surface area contributed by atoms with Crippen LogP contribution in [0, 0.1) is 0 Å². The van der Waals surface area contributed by atoms with Gasteiger partial charge in [0.1, 0.15) is 0 Å². The van der Waals surface area contributed by atoms with Crippen molar-refractivity contribution in [3.63, 3.8) is 0 Å². The van der Waals surface area contributed by atoms with E-state index in [4.69, 9.17) is 9.84 Å². The van der Waals surface area contributed by atoms with Gasteiger partial charge in [-0.05, 0) is 37.3 Å². The van der Waals surface area contributed by atoms with Gasteiger partial charge in [-0.1, -0.05) is 31.2 Å². The fourth-order valence-corrected chi connectivity index (χ4v) is 2.65. The van der Waals surface area contributed by atoms with E-state index < -0.39 is 0 Å². The minimum absolute atomic E-state index is 0.0306. The topological polar surface area (TPSA) is 41.5 Å². The van der Waals surface area contributed by atoms with Gasteiger partial charge in [0.2, 0.25) is 0 Å². The molecule has 2 atom stereocenters. The van der Waals surface area contributed by atoms with Gasteiger partial charge < -0.3 is 15.2 Å². The fraction of sp³-hybridized carbons (Fsp3) is 0.625. The summed E-state index contributed by atoms with van der Waals surface area (Å²) >= 11 is 0. The first kappa shape index (κ1) is 14.5. The second kappa shape index (κ2) is 6.51. The van der Waals surface area contributed by atoms with Gasteiger partial charge >= 0.3 is 0 Å². The monoisotopic (exact) mass is 263 g/mol. The van der Waals surface area contributed by atoms with E-state index in [1.54, 1.807) is 0 Å². The van der Waals surface area contributed by atoms with Crippen LogP contribution in [0.4, 0.5) is 0 Å². The van der Waals surface area contributed by atoms with Crippen molar-refractivity contribution in [3.05, 3.63) is 35.4 Å². The molecule has 2 rings (SSSR count). The molecule has 0 amide bonds. The molecule has 1 heterocycles. The molecule has 0 radical (unpaired) electrons. The SMILES string of the molecule is CCC1(C)CC(NCc2cccc(CO)c2)CCO1. The minimum Gasteiger partial charge on any atom is -0.392 e. The summed E-state index contributed by atoms with van der Waals surface area (Å²) in [4.78, 5) is 0. The van der Waals surface area contributed by atoms with Gasteiger partial charge in [-0.25, -0.2) is 0 Å². The van der Waals surface area contributed by atoms with Gasteiger partial charge in [-0.15, -0.1) is 0 Å². The summed E-state index contributed by atoms with van der Waals surface area (Å²) in [5, 5.41) is 12.8. The highest BCUT2D eigenvalue weighted by molar-refractivity contribution is 5.22. The Morgan fingerprint density at radius 2 is 2.21 bits per heavy atom. The van der Waals surface area contributed by atoms with Crippen LogP contribution in [0.3, 0.4) is 0 Å². The predicted molar refractivity (Wildman–Crippen MR) is 76.9 cm³/mol. The lowest BCUT2D eigenvalue weighted by atomic mass is 9.90. The molecule has 0 aliphatic carbocycles. The zero-order chi connectivity index (χ0) is 13.7. The summed E-state index contributed by atoms with van der Waals surface area (Å²) < 4.78 is 5.86. The Morgan fingerprint density at radius 1 is 1.42 bits per heavy atom. The van der Waals surface area contributed by atoms with E-state index in [1.807, 2.05) is 12.1 Å². The summed E-state index contributed by atoms with van der Waals surface area (Å²) in [5.41, 5.74) is 2.24. The molecule has 19 heavy (non-hydrogen) atoms. The molecule has 2 unspecified atom stereocenters. The van der Waals surface area contributed by atoms with E-state index in [-0.39, 0.29) is 12.2 Å². The molecule has 1 aromatic rings. The third kappa shape index (κ3) is 4.03. The third-order valence-electron chi connectivity index (χ3n) is 4.11. The number of ether oxygens (including phenoxy) is 1. The van der Waals surface area contributed by atoms with Crippen LogP contribution in [0.25, 0.3) is 0 Å². The first-order valence-corrected chi connectivity index (χ1v) is 7.21. The van der Waals surface area contributed by atoms with E-state index in [0.29, 0.717) is 6.04 Å². The van der Waals surface area contributed by atoms with Crippen LogP contribution in [-0.2, 0) is 17.9 Å². The number of benzene rings is 1. The number of hydrogen-bond donors (Lipinski definition) is 2. The van der Waals surface area contributed by atoms with Crippen LogP contribution in [0.15, 0.2) is 24.3 Å². The van der Waals surface area contributed by atoms with Crippen LogP contribution in [-0.4, -0.2) is 23.4 Å². The van der Waals surface area contributed by atoms with E-state index in [0.717, 1.165) is 38.0 Å². The minimum atomic E-state index is 0.0306. The van der Waals surface area contributed by atoms with Crippen LogP contribution in [0.5, 0.6) is 0 Å². The highest BCUT2D eigenvalue weighted by Crippen LogP contribution is 2.27. The molecule has 1 saturated heterocycles. The second-order valence-corrected chi connectivity index (χ2v) is 5.70. The summed E-state index contributed by atoms with van der Waals surface area (Å²) in [5.74, 6) is 0. The van der Waals surface area contributed by atoms with E-state index in [1.165, 1.54) is 5.56 Å². The molecule has 3 nitrogen and oxygen atoms in total. The Kier molecular flexibility index (Phi) is 4.97. The van der Waals surface area contributed by atoms with Crippen molar-refractivity contribution >= 4 is 0 Å². The highest BCUT2D eigenvalue weighted by Gasteiger charge is 2.31. The molecule has 3 heteroatoms. The average molecular weight is 263 g/mol. The van der Waals surface area contributed by atoms with Crippen molar-refractivity contribution in [1.82, 2.24) is 5.32 Å². The van der Waals surface area contributed by atoms with E-state index in [2.05, 4.69) is 31.3 Å². The van der Waals surface area contributed by atoms with Gasteiger partial charge in [0.15, 0.2) is 0 Å². The van der Waals surface area contributed by atoms with Crippen LogP contribution < -0.4 is 5.32 Å².